The molecule has 0 saturated heterocycles. The second kappa shape index (κ2) is 12.4. The molecule has 0 aromatic carbocycles. The van der Waals surface area contributed by atoms with Crippen molar-refractivity contribution in [1.82, 2.24) is 0 Å². The minimum Gasteiger partial charge on any atom is -0.518 e. The average Bonchev–Trinajstić information content (AvgIpc) is 2.53. The van der Waals surface area contributed by atoms with E-state index in [9.17, 15) is 4.79 Å². The van der Waals surface area contributed by atoms with Crippen LogP contribution in [0.25, 0.3) is 0 Å². The summed E-state index contributed by atoms with van der Waals surface area (Å²) in [6.07, 6.45) is 0. The molecule has 162 valence electrons. The lowest BCUT2D eigenvalue weighted by Crippen LogP contribution is -2.51. The summed E-state index contributed by atoms with van der Waals surface area (Å²) in [6.45, 7) is 22.5. The minimum absolute atomic E-state index is 0.124. The number of rotatable bonds is 14. The van der Waals surface area contributed by atoms with Crippen LogP contribution in [0.5, 0.6) is 0 Å². The molecule has 0 aliphatic heterocycles. The van der Waals surface area contributed by atoms with E-state index in [1.165, 1.54) is 0 Å². The summed E-state index contributed by atoms with van der Waals surface area (Å²) in [7, 11) is -5.10. The molecule has 0 aliphatic carbocycles. The fourth-order valence-corrected chi connectivity index (χ4v) is 11.3. The van der Waals surface area contributed by atoms with Crippen molar-refractivity contribution in [2.45, 2.75) is 92.4 Å². The fourth-order valence-electron chi connectivity index (χ4n) is 3.76. The van der Waals surface area contributed by atoms with Crippen LogP contribution in [0.15, 0.2) is 0 Å². The summed E-state index contributed by atoms with van der Waals surface area (Å²) in [6, 6.07) is 1.45. The zero-order valence-corrected chi connectivity index (χ0v) is 21.4. The predicted octanol–water partition coefficient (Wildman–Crippen LogP) is 5.64. The first kappa shape index (κ1) is 26.8. The van der Waals surface area contributed by atoms with Crippen molar-refractivity contribution in [3.63, 3.8) is 0 Å². The van der Waals surface area contributed by atoms with E-state index >= 15 is 0 Å². The van der Waals surface area contributed by atoms with Gasteiger partial charge in [0.1, 0.15) is 0 Å². The highest BCUT2D eigenvalue weighted by atomic mass is 28.4. The lowest BCUT2D eigenvalue weighted by atomic mass is 10.2. The van der Waals surface area contributed by atoms with Gasteiger partial charge in [-0.15, -0.1) is 0 Å². The molecular formula is C20H44O5Si2. The quantitative estimate of drug-likeness (QED) is 0.341. The van der Waals surface area contributed by atoms with Crippen molar-refractivity contribution in [2.75, 3.05) is 19.8 Å². The molecule has 7 heteroatoms. The van der Waals surface area contributed by atoms with Crippen LogP contribution in [0, 0.1) is 11.8 Å². The molecule has 1 atom stereocenters. The predicted molar refractivity (Wildman–Crippen MR) is 116 cm³/mol. The first-order valence-electron chi connectivity index (χ1n) is 10.6. The molecule has 5 nitrogen and oxygen atoms in total. The molecule has 1 unspecified atom stereocenters. The Morgan fingerprint density at radius 1 is 0.741 bits per heavy atom. The maximum Gasteiger partial charge on any atom is 0.501 e. The van der Waals surface area contributed by atoms with Gasteiger partial charge in [-0.05, 0) is 43.8 Å². The van der Waals surface area contributed by atoms with E-state index in [0.29, 0.717) is 42.9 Å². The van der Waals surface area contributed by atoms with Crippen LogP contribution in [-0.4, -0.2) is 42.9 Å². The summed E-state index contributed by atoms with van der Waals surface area (Å²) in [4.78, 5) is 13.1. The van der Waals surface area contributed by atoms with Crippen LogP contribution in [0.1, 0.15) is 69.2 Å². The molecule has 0 amide bonds. The molecule has 0 aromatic heterocycles. The summed E-state index contributed by atoms with van der Waals surface area (Å²) in [5.41, 5.74) is 0.757. The van der Waals surface area contributed by atoms with Crippen molar-refractivity contribution in [1.29, 1.82) is 0 Å². The second-order valence-electron chi connectivity index (χ2n) is 8.37. The van der Waals surface area contributed by atoms with Crippen molar-refractivity contribution < 1.29 is 22.5 Å². The van der Waals surface area contributed by atoms with Gasteiger partial charge in [-0.25, -0.2) is 0 Å². The Hall–Kier alpha value is -0.216. The molecule has 0 fully saturated rings. The number of hydrogen-bond donors (Lipinski definition) is 0. The van der Waals surface area contributed by atoms with Crippen molar-refractivity contribution in [3.05, 3.63) is 0 Å². The highest BCUT2D eigenvalue weighted by Crippen LogP contribution is 2.40. The third kappa shape index (κ3) is 7.97. The molecule has 0 aromatic rings. The van der Waals surface area contributed by atoms with E-state index in [4.69, 9.17) is 17.7 Å². The summed E-state index contributed by atoms with van der Waals surface area (Å²) in [5, 5.41) is 0. The van der Waals surface area contributed by atoms with Gasteiger partial charge in [-0.2, -0.15) is 0 Å². The van der Waals surface area contributed by atoms with Gasteiger partial charge in [-0.3, -0.25) is 4.79 Å². The Morgan fingerprint density at radius 3 is 1.44 bits per heavy atom. The number of carbonyl (C=O) groups is 1. The van der Waals surface area contributed by atoms with E-state index < -0.39 is 17.1 Å². The molecule has 0 spiro atoms. The molecule has 27 heavy (non-hydrogen) atoms. The van der Waals surface area contributed by atoms with Crippen LogP contribution >= 0.6 is 0 Å². The van der Waals surface area contributed by atoms with Crippen LogP contribution < -0.4 is 0 Å². The largest absolute Gasteiger partial charge is 0.518 e. The van der Waals surface area contributed by atoms with Crippen molar-refractivity contribution >= 4 is 23.1 Å². The number of hydrogen-bond acceptors (Lipinski definition) is 5. The van der Waals surface area contributed by atoms with Gasteiger partial charge in [0, 0.05) is 25.9 Å². The van der Waals surface area contributed by atoms with Crippen LogP contribution in [0.2, 0.25) is 23.2 Å². The van der Waals surface area contributed by atoms with Gasteiger partial charge >= 0.3 is 8.80 Å². The Balaban J connectivity index is 5.47. The van der Waals surface area contributed by atoms with Gasteiger partial charge in [0.25, 0.3) is 14.3 Å². The molecule has 0 bridgehead atoms. The van der Waals surface area contributed by atoms with Gasteiger partial charge < -0.3 is 17.7 Å². The van der Waals surface area contributed by atoms with Gasteiger partial charge in [0.05, 0.1) is 5.92 Å². The van der Waals surface area contributed by atoms with Gasteiger partial charge in [0.2, 0.25) is 0 Å². The molecule has 0 rings (SSSR count). The average molecular weight is 421 g/mol. The lowest BCUT2D eigenvalue weighted by molar-refractivity contribution is -0.139. The summed E-state index contributed by atoms with van der Waals surface area (Å²) in [5.74, 6) is 0.0758. The van der Waals surface area contributed by atoms with E-state index in [1.54, 1.807) is 0 Å². The van der Waals surface area contributed by atoms with E-state index in [-0.39, 0.29) is 11.9 Å². The Kier molecular flexibility index (Phi) is 12.3. The van der Waals surface area contributed by atoms with E-state index in [0.717, 1.165) is 6.04 Å². The molecule has 0 aliphatic rings. The Bertz CT molecular complexity index is 402. The highest BCUT2D eigenvalue weighted by molar-refractivity contribution is 6.77. The van der Waals surface area contributed by atoms with E-state index in [2.05, 4.69) is 41.5 Å². The summed E-state index contributed by atoms with van der Waals surface area (Å²) >= 11 is 0. The first-order valence-corrected chi connectivity index (χ1v) is 14.8. The molecule has 0 radical (unpaired) electrons. The third-order valence-corrected chi connectivity index (χ3v) is 14.3. The van der Waals surface area contributed by atoms with E-state index in [1.807, 2.05) is 27.7 Å². The SMILES string of the molecule is CCO[Si](CC(C)C(=O)O[Si](CC(C)C)(C(C)C)C(C)C)(OCC)OCC. The maximum atomic E-state index is 13.1. The first-order chi connectivity index (χ1) is 12.5. The fraction of sp³-hybridized carbons (Fsp3) is 0.950. The zero-order valence-electron chi connectivity index (χ0n) is 19.4. The Labute approximate surface area is 170 Å². The second-order valence-corrected chi connectivity index (χ2v) is 15.8. The lowest BCUT2D eigenvalue weighted by Gasteiger charge is -2.40. The van der Waals surface area contributed by atoms with Crippen molar-refractivity contribution in [2.24, 2.45) is 11.8 Å². The third-order valence-electron chi connectivity index (χ3n) is 5.02. The molecular weight excluding hydrogens is 376 g/mol. The summed E-state index contributed by atoms with van der Waals surface area (Å²) < 4.78 is 24.1. The molecule has 0 heterocycles. The van der Waals surface area contributed by atoms with Crippen LogP contribution in [0.4, 0.5) is 0 Å². The topological polar surface area (TPSA) is 54.0 Å². The highest BCUT2D eigenvalue weighted by Gasteiger charge is 2.48. The maximum absolute atomic E-state index is 13.1. The normalized spacial score (nSPS) is 14.3. The molecule has 0 N–H and O–H groups in total. The van der Waals surface area contributed by atoms with Crippen molar-refractivity contribution in [3.8, 4) is 0 Å². The number of carbonyl (C=O) groups excluding carboxylic acids is 1. The minimum atomic E-state index is -2.87. The van der Waals surface area contributed by atoms with Crippen LogP contribution in [-0.2, 0) is 22.5 Å². The Morgan fingerprint density at radius 2 is 1.15 bits per heavy atom. The molecule has 0 saturated carbocycles. The standard InChI is InChI=1S/C20H44O5Si2/c1-11-22-27(23-12-2,24-13-3)15-19(10)20(21)25-26(17(6)7,18(8)9)14-16(4)5/h16-19H,11-15H2,1-10H3. The van der Waals surface area contributed by atoms with Gasteiger partial charge in [0.15, 0.2) is 0 Å². The van der Waals surface area contributed by atoms with Crippen LogP contribution in [0.3, 0.4) is 0 Å². The smallest absolute Gasteiger partial charge is 0.501 e. The zero-order chi connectivity index (χ0) is 21.3. The van der Waals surface area contributed by atoms with Gasteiger partial charge in [-0.1, -0.05) is 48.5 Å². The monoisotopic (exact) mass is 420 g/mol.